The van der Waals surface area contributed by atoms with Crippen molar-refractivity contribution in [2.75, 3.05) is 13.1 Å². The standard InChI is InChI=1S/C23H33FN2O2/c1-2-21-5-3-4-16-26(21)23(28)19-10-8-18(9-11-19)22(27)25-15-14-17-6-12-20(24)13-7-17/h6-7,12-13,18-19,21H,2-5,8-11,14-16H2,1H3,(H,25,27). The maximum Gasteiger partial charge on any atom is 0.225 e. The molecule has 5 heteroatoms. The van der Waals surface area contributed by atoms with Crippen LogP contribution in [0.5, 0.6) is 0 Å². The Morgan fingerprint density at radius 3 is 2.39 bits per heavy atom. The number of carbonyl (C=O) groups excluding carboxylic acids is 2. The molecule has 0 bridgehead atoms. The van der Waals surface area contributed by atoms with Crippen molar-refractivity contribution in [3.05, 3.63) is 35.6 Å². The van der Waals surface area contributed by atoms with E-state index in [1.165, 1.54) is 18.6 Å². The molecule has 0 radical (unpaired) electrons. The molecular weight excluding hydrogens is 355 g/mol. The van der Waals surface area contributed by atoms with Crippen LogP contribution in [0.15, 0.2) is 24.3 Å². The van der Waals surface area contributed by atoms with Crippen LogP contribution in [-0.2, 0) is 16.0 Å². The first kappa shape index (κ1) is 20.8. The van der Waals surface area contributed by atoms with Crippen molar-refractivity contribution in [3.8, 4) is 0 Å². The summed E-state index contributed by atoms with van der Waals surface area (Å²) in [5.41, 5.74) is 1.02. The molecular formula is C23H33FN2O2. The van der Waals surface area contributed by atoms with Crippen LogP contribution in [0, 0.1) is 17.7 Å². The van der Waals surface area contributed by atoms with Crippen LogP contribution in [0.2, 0.25) is 0 Å². The van der Waals surface area contributed by atoms with Crippen molar-refractivity contribution < 1.29 is 14.0 Å². The molecule has 1 heterocycles. The molecule has 1 saturated carbocycles. The van der Waals surface area contributed by atoms with Gasteiger partial charge in [0.2, 0.25) is 11.8 Å². The first-order valence-electron chi connectivity index (χ1n) is 10.9. The van der Waals surface area contributed by atoms with Gasteiger partial charge in [-0.2, -0.15) is 0 Å². The zero-order valence-electron chi connectivity index (χ0n) is 17.0. The molecule has 2 aliphatic rings. The zero-order valence-corrected chi connectivity index (χ0v) is 17.0. The summed E-state index contributed by atoms with van der Waals surface area (Å²) in [7, 11) is 0. The molecule has 154 valence electrons. The Balaban J connectivity index is 1.41. The summed E-state index contributed by atoms with van der Waals surface area (Å²) in [6.45, 7) is 3.64. The number of hydrogen-bond acceptors (Lipinski definition) is 2. The van der Waals surface area contributed by atoms with E-state index in [0.717, 1.165) is 57.1 Å². The molecule has 3 rings (SSSR count). The van der Waals surface area contributed by atoms with Crippen molar-refractivity contribution in [1.82, 2.24) is 10.2 Å². The average molecular weight is 389 g/mol. The number of likely N-dealkylation sites (tertiary alicyclic amines) is 1. The van der Waals surface area contributed by atoms with E-state index in [2.05, 4.69) is 17.1 Å². The Hall–Kier alpha value is -1.91. The van der Waals surface area contributed by atoms with Gasteiger partial charge in [0.15, 0.2) is 0 Å². The number of halogens is 1. The van der Waals surface area contributed by atoms with Gasteiger partial charge in [-0.15, -0.1) is 0 Å². The molecule has 1 N–H and O–H groups in total. The Kier molecular flexibility index (Phi) is 7.46. The third kappa shape index (κ3) is 5.33. The summed E-state index contributed by atoms with van der Waals surface area (Å²) in [5, 5.41) is 3.01. The fraction of sp³-hybridized carbons (Fsp3) is 0.652. The molecule has 1 atom stereocenters. The summed E-state index contributed by atoms with van der Waals surface area (Å²) in [5.74, 6) is 0.282. The van der Waals surface area contributed by atoms with Crippen LogP contribution >= 0.6 is 0 Å². The van der Waals surface area contributed by atoms with Crippen LogP contribution in [0.3, 0.4) is 0 Å². The lowest BCUT2D eigenvalue weighted by Gasteiger charge is -2.39. The van der Waals surface area contributed by atoms with Crippen molar-refractivity contribution in [3.63, 3.8) is 0 Å². The number of rotatable bonds is 6. The lowest BCUT2D eigenvalue weighted by atomic mass is 9.80. The summed E-state index contributed by atoms with van der Waals surface area (Å²) in [6.07, 6.45) is 8.45. The minimum atomic E-state index is -0.242. The van der Waals surface area contributed by atoms with E-state index in [4.69, 9.17) is 0 Å². The number of nitrogens with zero attached hydrogens (tertiary/aromatic N) is 1. The SMILES string of the molecule is CCC1CCCCN1C(=O)C1CCC(C(=O)NCCc2ccc(F)cc2)CC1. The summed E-state index contributed by atoms with van der Waals surface area (Å²) in [4.78, 5) is 27.5. The van der Waals surface area contributed by atoms with E-state index < -0.39 is 0 Å². The van der Waals surface area contributed by atoms with Gasteiger partial charge in [0, 0.05) is 31.0 Å². The maximum atomic E-state index is 13.0. The molecule has 1 unspecified atom stereocenters. The van der Waals surface area contributed by atoms with Gasteiger partial charge in [0.1, 0.15) is 5.82 Å². The normalized spacial score (nSPS) is 25.4. The van der Waals surface area contributed by atoms with E-state index in [9.17, 15) is 14.0 Å². The predicted octanol–water partition coefficient (Wildman–Crippen LogP) is 4.08. The molecule has 4 nitrogen and oxygen atoms in total. The summed E-state index contributed by atoms with van der Waals surface area (Å²) < 4.78 is 12.9. The van der Waals surface area contributed by atoms with Crippen LogP contribution in [0.25, 0.3) is 0 Å². The topological polar surface area (TPSA) is 49.4 Å². The predicted molar refractivity (Wildman–Crippen MR) is 108 cm³/mol. The molecule has 1 aromatic carbocycles. The summed E-state index contributed by atoms with van der Waals surface area (Å²) in [6, 6.07) is 6.81. The lowest BCUT2D eigenvalue weighted by molar-refractivity contribution is -0.141. The molecule has 28 heavy (non-hydrogen) atoms. The molecule has 1 saturated heterocycles. The molecule has 2 fully saturated rings. The summed E-state index contributed by atoms with van der Waals surface area (Å²) >= 11 is 0. The van der Waals surface area contributed by atoms with Crippen molar-refractivity contribution in [1.29, 1.82) is 0 Å². The Morgan fingerprint density at radius 2 is 1.71 bits per heavy atom. The van der Waals surface area contributed by atoms with Crippen LogP contribution in [0.1, 0.15) is 63.9 Å². The first-order valence-corrected chi connectivity index (χ1v) is 10.9. The largest absolute Gasteiger partial charge is 0.356 e. The average Bonchev–Trinajstić information content (AvgIpc) is 2.74. The van der Waals surface area contributed by atoms with Gasteiger partial charge in [0.05, 0.1) is 0 Å². The fourth-order valence-corrected chi connectivity index (χ4v) is 4.68. The van der Waals surface area contributed by atoms with Gasteiger partial charge in [-0.3, -0.25) is 9.59 Å². The third-order valence-corrected chi connectivity index (χ3v) is 6.45. The van der Waals surface area contributed by atoms with Gasteiger partial charge in [-0.1, -0.05) is 19.1 Å². The second kappa shape index (κ2) is 10.0. The number of benzene rings is 1. The highest BCUT2D eigenvalue weighted by molar-refractivity contribution is 5.81. The van der Waals surface area contributed by atoms with Gasteiger partial charge in [-0.25, -0.2) is 4.39 Å². The lowest BCUT2D eigenvalue weighted by Crippen LogP contribution is -2.47. The quantitative estimate of drug-likeness (QED) is 0.798. The van der Waals surface area contributed by atoms with Gasteiger partial charge in [-0.05, 0) is 75.5 Å². The van der Waals surface area contributed by atoms with Crippen LogP contribution < -0.4 is 5.32 Å². The molecule has 0 spiro atoms. The van der Waals surface area contributed by atoms with E-state index in [1.54, 1.807) is 12.1 Å². The van der Waals surface area contributed by atoms with Crippen LogP contribution in [-0.4, -0.2) is 35.8 Å². The zero-order chi connectivity index (χ0) is 19.9. The molecule has 0 aromatic heterocycles. The number of nitrogens with one attached hydrogen (secondary N) is 1. The molecule has 1 aromatic rings. The fourth-order valence-electron chi connectivity index (χ4n) is 4.68. The highest BCUT2D eigenvalue weighted by Gasteiger charge is 2.34. The van der Waals surface area contributed by atoms with Gasteiger partial charge in [0.25, 0.3) is 0 Å². The minimum absolute atomic E-state index is 0.0144. The highest BCUT2D eigenvalue weighted by atomic mass is 19.1. The number of amides is 2. The molecule has 1 aliphatic heterocycles. The third-order valence-electron chi connectivity index (χ3n) is 6.45. The maximum absolute atomic E-state index is 13.0. The van der Waals surface area contributed by atoms with Crippen molar-refractivity contribution >= 4 is 11.8 Å². The van der Waals surface area contributed by atoms with E-state index in [0.29, 0.717) is 24.9 Å². The Morgan fingerprint density at radius 1 is 1.04 bits per heavy atom. The number of carbonyl (C=O) groups is 2. The monoisotopic (exact) mass is 388 g/mol. The van der Waals surface area contributed by atoms with E-state index in [1.807, 2.05) is 0 Å². The molecule has 1 aliphatic carbocycles. The minimum Gasteiger partial charge on any atom is -0.356 e. The van der Waals surface area contributed by atoms with Gasteiger partial charge < -0.3 is 10.2 Å². The Labute approximate surface area is 167 Å². The second-order valence-corrected chi connectivity index (χ2v) is 8.31. The smallest absolute Gasteiger partial charge is 0.225 e. The highest BCUT2D eigenvalue weighted by Crippen LogP contribution is 2.32. The van der Waals surface area contributed by atoms with Crippen molar-refractivity contribution in [2.24, 2.45) is 11.8 Å². The number of hydrogen-bond donors (Lipinski definition) is 1. The van der Waals surface area contributed by atoms with Crippen molar-refractivity contribution in [2.45, 2.75) is 70.8 Å². The van der Waals surface area contributed by atoms with E-state index >= 15 is 0 Å². The van der Waals surface area contributed by atoms with Crippen LogP contribution in [0.4, 0.5) is 4.39 Å². The van der Waals surface area contributed by atoms with Gasteiger partial charge >= 0.3 is 0 Å². The second-order valence-electron chi connectivity index (χ2n) is 8.31. The molecule has 2 amide bonds. The van der Waals surface area contributed by atoms with E-state index in [-0.39, 0.29) is 23.6 Å². The number of piperidine rings is 1. The Bertz CT molecular complexity index is 653. The first-order chi connectivity index (χ1) is 13.6.